The first-order valence-corrected chi connectivity index (χ1v) is 5.42. The summed E-state index contributed by atoms with van der Waals surface area (Å²) in [5.74, 6) is -0.328. The van der Waals surface area contributed by atoms with E-state index in [1.807, 2.05) is 18.2 Å². The van der Waals surface area contributed by atoms with Crippen LogP contribution in [0.1, 0.15) is 15.4 Å². The van der Waals surface area contributed by atoms with Crippen molar-refractivity contribution in [3.05, 3.63) is 40.9 Å². The van der Waals surface area contributed by atoms with Crippen LogP contribution in [0.15, 0.2) is 30.3 Å². The molecule has 0 unspecified atom stereocenters. The summed E-state index contributed by atoms with van der Waals surface area (Å²) in [4.78, 5) is 15.1. The molecule has 0 fully saturated rings. The topological polar surface area (TPSA) is 59.4 Å². The van der Waals surface area contributed by atoms with Gasteiger partial charge in [0.05, 0.1) is 5.69 Å². The predicted molar refractivity (Wildman–Crippen MR) is 60.3 cm³/mol. The summed E-state index contributed by atoms with van der Waals surface area (Å²) in [6.45, 7) is 1.65. The minimum Gasteiger partial charge on any atom is -0.477 e. The first kappa shape index (κ1) is 10.6. The van der Waals surface area contributed by atoms with Crippen LogP contribution in [0.25, 0.3) is 0 Å². The first-order chi connectivity index (χ1) is 7.66. The van der Waals surface area contributed by atoms with Gasteiger partial charge in [0.25, 0.3) is 5.19 Å². The zero-order valence-corrected chi connectivity index (χ0v) is 9.32. The van der Waals surface area contributed by atoms with Crippen LogP contribution in [-0.2, 0) is 0 Å². The molecule has 1 aromatic carbocycles. The quantitative estimate of drug-likeness (QED) is 0.888. The highest BCUT2D eigenvalue weighted by molar-refractivity contribution is 7.15. The van der Waals surface area contributed by atoms with Crippen LogP contribution in [0, 0.1) is 6.92 Å². The van der Waals surface area contributed by atoms with Gasteiger partial charge in [0, 0.05) is 0 Å². The van der Waals surface area contributed by atoms with Crippen molar-refractivity contribution in [2.75, 3.05) is 0 Å². The number of hydrogen-bond donors (Lipinski definition) is 1. The van der Waals surface area contributed by atoms with Gasteiger partial charge in [0.15, 0.2) is 0 Å². The van der Waals surface area contributed by atoms with E-state index in [2.05, 4.69) is 4.98 Å². The molecule has 4 nitrogen and oxygen atoms in total. The normalized spacial score (nSPS) is 10.1. The number of aryl methyl sites for hydroxylation is 1. The van der Waals surface area contributed by atoms with Crippen LogP contribution < -0.4 is 4.74 Å². The number of para-hydroxylation sites is 1. The molecule has 5 heteroatoms. The van der Waals surface area contributed by atoms with Crippen molar-refractivity contribution >= 4 is 17.3 Å². The van der Waals surface area contributed by atoms with E-state index >= 15 is 0 Å². The molecule has 0 spiro atoms. The Bertz CT molecular complexity index is 507. The third kappa shape index (κ3) is 2.20. The van der Waals surface area contributed by atoms with Crippen molar-refractivity contribution in [3.63, 3.8) is 0 Å². The highest BCUT2D eigenvalue weighted by Gasteiger charge is 2.14. The zero-order chi connectivity index (χ0) is 11.5. The molecular weight excluding hydrogens is 226 g/mol. The summed E-state index contributed by atoms with van der Waals surface area (Å²) in [5.41, 5.74) is 0.475. The van der Waals surface area contributed by atoms with Crippen LogP contribution in [0.2, 0.25) is 0 Å². The van der Waals surface area contributed by atoms with E-state index in [9.17, 15) is 4.79 Å². The molecule has 0 aliphatic carbocycles. The number of benzene rings is 1. The Labute approximate surface area is 96.1 Å². The fourth-order valence-electron chi connectivity index (χ4n) is 1.20. The van der Waals surface area contributed by atoms with Crippen molar-refractivity contribution in [2.45, 2.75) is 6.92 Å². The van der Waals surface area contributed by atoms with Gasteiger partial charge in [0.1, 0.15) is 10.6 Å². The van der Waals surface area contributed by atoms with E-state index in [0.717, 1.165) is 11.3 Å². The maximum atomic E-state index is 10.8. The van der Waals surface area contributed by atoms with Crippen LogP contribution in [0.4, 0.5) is 0 Å². The first-order valence-electron chi connectivity index (χ1n) is 4.60. The molecule has 1 aromatic heterocycles. The minimum atomic E-state index is -0.974. The number of aromatic carboxylic acids is 1. The third-order valence-electron chi connectivity index (χ3n) is 1.92. The van der Waals surface area contributed by atoms with Gasteiger partial charge in [-0.2, -0.15) is 0 Å². The van der Waals surface area contributed by atoms with Gasteiger partial charge in [0.2, 0.25) is 0 Å². The Morgan fingerprint density at radius 1 is 1.38 bits per heavy atom. The summed E-state index contributed by atoms with van der Waals surface area (Å²) in [5, 5.41) is 9.21. The molecule has 0 saturated heterocycles. The summed E-state index contributed by atoms with van der Waals surface area (Å²) in [7, 11) is 0. The van der Waals surface area contributed by atoms with Crippen molar-refractivity contribution in [3.8, 4) is 10.9 Å². The number of carboxylic acids is 1. The Morgan fingerprint density at radius 2 is 2.06 bits per heavy atom. The lowest BCUT2D eigenvalue weighted by Gasteiger charge is -1.99. The predicted octanol–water partition coefficient (Wildman–Crippen LogP) is 2.94. The molecule has 2 aromatic rings. The Balaban J connectivity index is 2.23. The average Bonchev–Trinajstić information content (AvgIpc) is 2.61. The molecule has 0 atom stereocenters. The number of aromatic nitrogens is 1. The van der Waals surface area contributed by atoms with E-state index < -0.39 is 5.97 Å². The second-order valence-electron chi connectivity index (χ2n) is 3.11. The lowest BCUT2D eigenvalue weighted by molar-refractivity contribution is 0.0701. The van der Waals surface area contributed by atoms with Gasteiger partial charge in [-0.25, -0.2) is 9.78 Å². The number of thiazole rings is 1. The van der Waals surface area contributed by atoms with Crippen LogP contribution in [0.3, 0.4) is 0 Å². The van der Waals surface area contributed by atoms with Crippen LogP contribution in [-0.4, -0.2) is 16.1 Å². The molecule has 0 saturated carbocycles. The lowest BCUT2D eigenvalue weighted by Crippen LogP contribution is -1.94. The van der Waals surface area contributed by atoms with Gasteiger partial charge in [-0.15, -0.1) is 0 Å². The SMILES string of the molecule is Cc1nc(Oc2ccccc2)sc1C(=O)O. The molecule has 0 aliphatic heterocycles. The molecule has 1 heterocycles. The highest BCUT2D eigenvalue weighted by Crippen LogP contribution is 2.28. The molecule has 1 N–H and O–H groups in total. The second kappa shape index (κ2) is 4.32. The van der Waals surface area contributed by atoms with Gasteiger partial charge < -0.3 is 9.84 Å². The van der Waals surface area contributed by atoms with Crippen LogP contribution >= 0.6 is 11.3 Å². The summed E-state index contributed by atoms with van der Waals surface area (Å²) in [6, 6.07) is 9.14. The number of carbonyl (C=O) groups is 1. The van der Waals surface area contributed by atoms with E-state index in [1.54, 1.807) is 19.1 Å². The van der Waals surface area contributed by atoms with Crippen molar-refractivity contribution in [1.29, 1.82) is 0 Å². The number of nitrogens with zero attached hydrogens (tertiary/aromatic N) is 1. The van der Waals surface area contributed by atoms with E-state index in [4.69, 9.17) is 9.84 Å². The Morgan fingerprint density at radius 3 is 2.62 bits per heavy atom. The maximum absolute atomic E-state index is 10.8. The molecular formula is C11H9NO3S. The van der Waals surface area contributed by atoms with Gasteiger partial charge in [-0.3, -0.25) is 0 Å². The van der Waals surface area contributed by atoms with Gasteiger partial charge in [-0.05, 0) is 19.1 Å². The molecule has 0 aliphatic rings. The molecule has 0 amide bonds. The fourth-order valence-corrected chi connectivity index (χ4v) is 1.98. The van der Waals surface area contributed by atoms with Crippen molar-refractivity contribution < 1.29 is 14.6 Å². The minimum absolute atomic E-state index is 0.214. The Kier molecular flexibility index (Phi) is 2.87. The smallest absolute Gasteiger partial charge is 0.347 e. The number of rotatable bonds is 3. The Hall–Kier alpha value is -1.88. The number of carboxylic acid groups (broad SMARTS) is 1. The van der Waals surface area contributed by atoms with E-state index in [0.29, 0.717) is 16.6 Å². The summed E-state index contributed by atoms with van der Waals surface area (Å²) in [6.07, 6.45) is 0. The molecule has 2 rings (SSSR count). The molecule has 82 valence electrons. The number of ether oxygens (including phenoxy) is 1. The maximum Gasteiger partial charge on any atom is 0.347 e. The number of hydrogen-bond acceptors (Lipinski definition) is 4. The van der Waals surface area contributed by atoms with Crippen molar-refractivity contribution in [2.24, 2.45) is 0 Å². The van der Waals surface area contributed by atoms with E-state index in [1.165, 1.54) is 0 Å². The second-order valence-corrected chi connectivity index (χ2v) is 4.08. The zero-order valence-electron chi connectivity index (χ0n) is 8.51. The summed E-state index contributed by atoms with van der Waals surface area (Å²) < 4.78 is 5.43. The lowest BCUT2D eigenvalue weighted by atomic mass is 10.3. The molecule has 0 radical (unpaired) electrons. The monoisotopic (exact) mass is 235 g/mol. The van der Waals surface area contributed by atoms with Gasteiger partial charge in [-0.1, -0.05) is 29.5 Å². The highest BCUT2D eigenvalue weighted by atomic mass is 32.1. The third-order valence-corrected chi connectivity index (χ3v) is 2.94. The standard InChI is InChI=1S/C11H9NO3S/c1-7-9(10(13)14)16-11(12-7)15-8-5-3-2-4-6-8/h2-6H,1H3,(H,13,14). The van der Waals surface area contributed by atoms with Gasteiger partial charge >= 0.3 is 5.97 Å². The van der Waals surface area contributed by atoms with Crippen molar-refractivity contribution in [1.82, 2.24) is 4.98 Å². The largest absolute Gasteiger partial charge is 0.477 e. The summed E-state index contributed by atoms with van der Waals surface area (Å²) >= 11 is 1.03. The van der Waals surface area contributed by atoms with Crippen LogP contribution in [0.5, 0.6) is 10.9 Å². The average molecular weight is 235 g/mol. The molecule has 0 bridgehead atoms. The molecule has 16 heavy (non-hydrogen) atoms. The van der Waals surface area contributed by atoms with E-state index in [-0.39, 0.29) is 4.88 Å². The fraction of sp³-hybridized carbons (Fsp3) is 0.0909.